The predicted molar refractivity (Wildman–Crippen MR) is 76.1 cm³/mol. The fourth-order valence-corrected chi connectivity index (χ4v) is 2.27. The average Bonchev–Trinajstić information content (AvgIpc) is 2.48. The van der Waals surface area contributed by atoms with Crippen molar-refractivity contribution in [2.75, 3.05) is 0 Å². The Kier molecular flexibility index (Phi) is 5.78. The number of aromatic nitrogens is 1. The molecule has 0 amide bonds. The van der Waals surface area contributed by atoms with E-state index in [2.05, 4.69) is 18.0 Å². The standard InChI is InChI=1S/C16H18NO4.Y/c1-5-6-8-17-9-7-12-11(13(17)18)10-21-14(19)15(2,3)16(12,4)20;/h7,20H,8,10H2,1-4H3;/q-1;. The fraction of sp³-hybridized carbons (Fsp3) is 0.500. The summed E-state index contributed by atoms with van der Waals surface area (Å²) in [4.78, 5) is 24.5. The van der Waals surface area contributed by atoms with Crippen molar-refractivity contribution in [2.24, 2.45) is 5.41 Å². The van der Waals surface area contributed by atoms with E-state index in [0.29, 0.717) is 5.56 Å². The summed E-state index contributed by atoms with van der Waals surface area (Å²) >= 11 is 0. The molecule has 0 fully saturated rings. The number of nitrogens with zero attached hydrogens (tertiary/aromatic N) is 1. The molecular formula is C16H18NO4Y-. The minimum atomic E-state index is -1.51. The number of carbonyl (C=O) groups excluding carboxylic acids is 1. The summed E-state index contributed by atoms with van der Waals surface area (Å²) < 4.78 is 6.48. The van der Waals surface area contributed by atoms with Crippen molar-refractivity contribution in [2.45, 2.75) is 46.4 Å². The molecule has 1 unspecified atom stereocenters. The van der Waals surface area contributed by atoms with Gasteiger partial charge in [0.05, 0.1) is 24.2 Å². The van der Waals surface area contributed by atoms with Crippen LogP contribution in [0, 0.1) is 23.5 Å². The van der Waals surface area contributed by atoms with Crippen LogP contribution < -0.4 is 5.56 Å². The monoisotopic (exact) mass is 377 g/mol. The first-order valence-electron chi connectivity index (χ1n) is 6.67. The van der Waals surface area contributed by atoms with Gasteiger partial charge in [0, 0.05) is 32.7 Å². The quantitative estimate of drug-likeness (QED) is 0.450. The summed E-state index contributed by atoms with van der Waals surface area (Å²) in [5.74, 6) is 4.95. The van der Waals surface area contributed by atoms with Crippen LogP contribution in [0.4, 0.5) is 0 Å². The van der Waals surface area contributed by atoms with E-state index in [1.807, 2.05) is 0 Å². The third kappa shape index (κ3) is 2.92. The Hall–Kier alpha value is -0.956. The molecule has 0 aromatic carbocycles. The Balaban J connectivity index is 0.00000242. The van der Waals surface area contributed by atoms with Crippen LogP contribution in [0.25, 0.3) is 0 Å². The maximum atomic E-state index is 12.4. The Labute approximate surface area is 154 Å². The summed E-state index contributed by atoms with van der Waals surface area (Å²) in [6.07, 6.45) is 2.81. The zero-order chi connectivity index (χ0) is 15.8. The van der Waals surface area contributed by atoms with Crippen molar-refractivity contribution in [3.8, 4) is 11.8 Å². The molecule has 0 saturated heterocycles. The first-order chi connectivity index (χ1) is 9.73. The van der Waals surface area contributed by atoms with Gasteiger partial charge in [-0.25, -0.2) is 0 Å². The van der Waals surface area contributed by atoms with Crippen molar-refractivity contribution < 1.29 is 47.3 Å². The van der Waals surface area contributed by atoms with E-state index in [1.54, 1.807) is 20.8 Å². The van der Waals surface area contributed by atoms with Gasteiger partial charge >= 0.3 is 5.97 Å². The topological polar surface area (TPSA) is 68.5 Å². The first kappa shape index (κ1) is 19.1. The number of esters is 1. The molecule has 2 heterocycles. The Morgan fingerprint density at radius 2 is 2.05 bits per heavy atom. The Bertz CT molecular complexity index is 707. The van der Waals surface area contributed by atoms with Gasteiger partial charge in [-0.3, -0.25) is 4.79 Å². The third-order valence-corrected chi connectivity index (χ3v) is 4.21. The maximum Gasteiger partial charge on any atom is 0.313 e. The smallest absolute Gasteiger partial charge is 0.313 e. The molecular weight excluding hydrogens is 359 g/mol. The number of fused-ring (bicyclic) bond motifs is 1. The van der Waals surface area contributed by atoms with E-state index in [4.69, 9.17) is 4.74 Å². The number of aliphatic hydroxyl groups is 1. The number of cyclic esters (lactones) is 1. The minimum Gasteiger partial charge on any atom is -0.462 e. The third-order valence-electron chi connectivity index (χ3n) is 4.21. The molecule has 0 saturated carbocycles. The molecule has 1 aliphatic rings. The largest absolute Gasteiger partial charge is 0.462 e. The molecule has 6 heteroatoms. The van der Waals surface area contributed by atoms with Gasteiger partial charge in [-0.2, -0.15) is 6.07 Å². The van der Waals surface area contributed by atoms with Crippen LogP contribution in [0.5, 0.6) is 0 Å². The first-order valence-corrected chi connectivity index (χ1v) is 6.67. The average molecular weight is 377 g/mol. The summed E-state index contributed by atoms with van der Waals surface area (Å²) in [6.45, 7) is 6.45. The van der Waals surface area contributed by atoms with Crippen LogP contribution in [0.15, 0.2) is 10.9 Å². The SMILES string of the molecule is CC#CCn1[c-]cc2c(c1=O)COC(=O)C(C)(C)C2(C)O.[Y]. The van der Waals surface area contributed by atoms with E-state index in [0.717, 1.165) is 0 Å². The van der Waals surface area contributed by atoms with Crippen molar-refractivity contribution in [3.63, 3.8) is 0 Å². The zero-order valence-corrected chi connectivity index (χ0v) is 16.0. The van der Waals surface area contributed by atoms with E-state index in [9.17, 15) is 14.7 Å². The Morgan fingerprint density at radius 3 is 2.64 bits per heavy atom. The molecule has 2 rings (SSSR count). The van der Waals surface area contributed by atoms with Gasteiger partial charge in [-0.1, -0.05) is 17.7 Å². The van der Waals surface area contributed by atoms with E-state index >= 15 is 0 Å². The van der Waals surface area contributed by atoms with Crippen molar-refractivity contribution in [1.82, 2.24) is 4.57 Å². The second-order valence-corrected chi connectivity index (χ2v) is 5.76. The van der Waals surface area contributed by atoms with E-state index in [-0.39, 0.29) is 57.0 Å². The summed E-state index contributed by atoms with van der Waals surface area (Å²) in [5, 5.41) is 10.8. The van der Waals surface area contributed by atoms with E-state index in [1.165, 1.54) is 17.6 Å². The van der Waals surface area contributed by atoms with Crippen LogP contribution in [-0.2, 0) is 61.0 Å². The normalized spacial score (nSPS) is 22.3. The number of pyridine rings is 1. The van der Waals surface area contributed by atoms with Crippen molar-refractivity contribution in [3.05, 3.63) is 33.7 Å². The van der Waals surface area contributed by atoms with Crippen LogP contribution in [0.1, 0.15) is 38.8 Å². The summed E-state index contributed by atoms with van der Waals surface area (Å²) in [5.41, 5.74) is -2.37. The van der Waals surface area contributed by atoms with Gasteiger partial charge in [0.1, 0.15) is 5.56 Å². The van der Waals surface area contributed by atoms with Gasteiger partial charge < -0.3 is 19.2 Å². The van der Waals surface area contributed by atoms with Gasteiger partial charge in [0.15, 0.2) is 0 Å². The fourth-order valence-electron chi connectivity index (χ4n) is 2.27. The second-order valence-electron chi connectivity index (χ2n) is 5.76. The van der Waals surface area contributed by atoms with Gasteiger partial charge in [-0.15, -0.1) is 11.5 Å². The van der Waals surface area contributed by atoms with Crippen molar-refractivity contribution in [1.29, 1.82) is 0 Å². The number of ether oxygens (including phenoxy) is 1. The van der Waals surface area contributed by atoms with E-state index < -0.39 is 17.0 Å². The summed E-state index contributed by atoms with van der Waals surface area (Å²) in [7, 11) is 0. The zero-order valence-electron chi connectivity index (χ0n) is 13.2. The molecule has 5 nitrogen and oxygen atoms in total. The molecule has 22 heavy (non-hydrogen) atoms. The summed E-state index contributed by atoms with van der Waals surface area (Å²) in [6, 6.07) is 1.54. The molecule has 1 N–H and O–H groups in total. The minimum absolute atomic E-state index is 0. The molecule has 0 bridgehead atoms. The van der Waals surface area contributed by atoms with Gasteiger partial charge in [0.2, 0.25) is 0 Å². The van der Waals surface area contributed by atoms with Gasteiger partial charge in [0.25, 0.3) is 0 Å². The number of carbonyl (C=O) groups is 1. The Morgan fingerprint density at radius 1 is 1.41 bits per heavy atom. The molecule has 1 aromatic heterocycles. The number of hydrogen-bond acceptors (Lipinski definition) is 4. The molecule has 1 aliphatic heterocycles. The van der Waals surface area contributed by atoms with Crippen LogP contribution in [-0.4, -0.2) is 15.6 Å². The second kappa shape index (κ2) is 6.66. The molecule has 1 atom stereocenters. The number of rotatable bonds is 1. The van der Waals surface area contributed by atoms with Crippen LogP contribution >= 0.6 is 0 Å². The number of hydrogen-bond donors (Lipinski definition) is 1. The molecule has 1 aromatic rings. The molecule has 1 radical (unpaired) electrons. The van der Waals surface area contributed by atoms with Gasteiger partial charge in [-0.05, 0) is 27.7 Å². The van der Waals surface area contributed by atoms with Crippen LogP contribution in [0.2, 0.25) is 0 Å². The molecule has 0 spiro atoms. The molecule has 0 aliphatic carbocycles. The molecule has 115 valence electrons. The predicted octanol–water partition coefficient (Wildman–Crippen LogP) is 0.960. The van der Waals surface area contributed by atoms with Crippen molar-refractivity contribution >= 4 is 5.97 Å². The maximum absolute atomic E-state index is 12.4. The van der Waals surface area contributed by atoms with Crippen LogP contribution in [0.3, 0.4) is 0 Å².